The third kappa shape index (κ3) is 2.74. The molecule has 2 atom stereocenters. The highest BCUT2D eigenvalue weighted by molar-refractivity contribution is 5.15. The number of hydrogen-bond acceptors (Lipinski definition) is 4. The molecule has 1 aromatic heterocycles. The Bertz CT molecular complexity index is 371. The quantitative estimate of drug-likeness (QED) is 0.614. The van der Waals surface area contributed by atoms with Gasteiger partial charge in [0.15, 0.2) is 0 Å². The summed E-state index contributed by atoms with van der Waals surface area (Å²) in [6.07, 6.45) is 3.23. The van der Waals surface area contributed by atoms with Gasteiger partial charge in [0.2, 0.25) is 0 Å². The Kier molecular flexibility index (Phi) is 4.74. The van der Waals surface area contributed by atoms with Gasteiger partial charge in [-0.3, -0.25) is 16.0 Å². The first-order chi connectivity index (χ1) is 8.80. The Morgan fingerprint density at radius 3 is 3.00 bits per heavy atom. The number of ether oxygens (including phenoxy) is 1. The minimum atomic E-state index is 0.137. The molecule has 0 saturated carbocycles. The molecule has 2 rings (SSSR count). The van der Waals surface area contributed by atoms with E-state index in [1.54, 1.807) is 0 Å². The second kappa shape index (κ2) is 6.31. The van der Waals surface area contributed by atoms with Crippen molar-refractivity contribution in [2.45, 2.75) is 45.7 Å². The van der Waals surface area contributed by atoms with Crippen molar-refractivity contribution in [2.75, 3.05) is 13.2 Å². The van der Waals surface area contributed by atoms with Gasteiger partial charge in [-0.2, -0.15) is 5.10 Å². The van der Waals surface area contributed by atoms with Crippen molar-refractivity contribution >= 4 is 0 Å². The Hall–Kier alpha value is -0.910. The second-order valence-electron chi connectivity index (χ2n) is 4.85. The van der Waals surface area contributed by atoms with Crippen molar-refractivity contribution in [1.29, 1.82) is 0 Å². The lowest BCUT2D eigenvalue weighted by Crippen LogP contribution is -2.38. The summed E-state index contributed by atoms with van der Waals surface area (Å²) in [5, 5.41) is 4.59. The molecule has 2 heterocycles. The van der Waals surface area contributed by atoms with Gasteiger partial charge in [0.25, 0.3) is 0 Å². The molecule has 5 heteroatoms. The maximum Gasteiger partial charge on any atom is 0.0679 e. The summed E-state index contributed by atoms with van der Waals surface area (Å²) in [5.41, 5.74) is 5.28. The number of aromatic nitrogens is 2. The lowest BCUT2D eigenvalue weighted by Gasteiger charge is -2.30. The summed E-state index contributed by atoms with van der Waals surface area (Å²) in [6, 6.07) is 2.31. The van der Waals surface area contributed by atoms with Gasteiger partial charge in [-0.15, -0.1) is 0 Å². The molecule has 2 unspecified atom stereocenters. The molecule has 0 aromatic carbocycles. The smallest absolute Gasteiger partial charge is 0.0679 e. The SMILES string of the molecule is CCc1cc(C(NN)C2CCCOC2)n(CC)n1. The molecule has 0 amide bonds. The van der Waals surface area contributed by atoms with E-state index in [9.17, 15) is 0 Å². The minimum Gasteiger partial charge on any atom is -0.381 e. The molecule has 18 heavy (non-hydrogen) atoms. The zero-order chi connectivity index (χ0) is 13.0. The molecule has 0 bridgehead atoms. The van der Waals surface area contributed by atoms with E-state index in [4.69, 9.17) is 10.6 Å². The van der Waals surface area contributed by atoms with Crippen LogP contribution in [0.2, 0.25) is 0 Å². The minimum absolute atomic E-state index is 0.137. The first kappa shape index (κ1) is 13.5. The highest BCUT2D eigenvalue weighted by Crippen LogP contribution is 2.28. The fourth-order valence-electron chi connectivity index (χ4n) is 2.65. The highest BCUT2D eigenvalue weighted by Gasteiger charge is 2.27. The summed E-state index contributed by atoms with van der Waals surface area (Å²) < 4.78 is 7.62. The van der Waals surface area contributed by atoms with Gasteiger partial charge < -0.3 is 4.74 Å². The van der Waals surface area contributed by atoms with E-state index in [0.717, 1.165) is 44.7 Å². The van der Waals surface area contributed by atoms with Crippen molar-refractivity contribution in [2.24, 2.45) is 11.8 Å². The number of hydrazine groups is 1. The largest absolute Gasteiger partial charge is 0.381 e. The summed E-state index contributed by atoms with van der Waals surface area (Å²) in [7, 11) is 0. The van der Waals surface area contributed by atoms with Gasteiger partial charge in [-0.05, 0) is 32.3 Å². The number of hydrogen-bond donors (Lipinski definition) is 2. The van der Waals surface area contributed by atoms with E-state index in [-0.39, 0.29) is 6.04 Å². The molecule has 5 nitrogen and oxygen atoms in total. The molecule has 0 aliphatic carbocycles. The maximum absolute atomic E-state index is 5.76. The van der Waals surface area contributed by atoms with Crippen molar-refractivity contribution in [1.82, 2.24) is 15.2 Å². The molecule has 0 spiro atoms. The fraction of sp³-hybridized carbons (Fsp3) is 0.769. The molecule has 3 N–H and O–H groups in total. The lowest BCUT2D eigenvalue weighted by molar-refractivity contribution is 0.0376. The van der Waals surface area contributed by atoms with Crippen LogP contribution in [-0.2, 0) is 17.7 Å². The standard InChI is InChI=1S/C13H24N4O/c1-3-11-8-12(17(4-2)16-11)13(15-14)10-6-5-7-18-9-10/h8,10,13,15H,3-7,9,14H2,1-2H3. The average Bonchev–Trinajstić information content (AvgIpc) is 2.84. The van der Waals surface area contributed by atoms with Crippen LogP contribution >= 0.6 is 0 Å². The van der Waals surface area contributed by atoms with Crippen LogP contribution in [0, 0.1) is 5.92 Å². The maximum atomic E-state index is 5.76. The van der Waals surface area contributed by atoms with Gasteiger partial charge in [-0.25, -0.2) is 0 Å². The molecular weight excluding hydrogens is 228 g/mol. The number of aryl methyl sites for hydroxylation is 2. The number of nitrogens with zero attached hydrogens (tertiary/aromatic N) is 2. The van der Waals surface area contributed by atoms with Crippen LogP contribution in [0.4, 0.5) is 0 Å². The fourth-order valence-corrected chi connectivity index (χ4v) is 2.65. The molecule has 1 aliphatic rings. The zero-order valence-corrected chi connectivity index (χ0v) is 11.4. The van der Waals surface area contributed by atoms with E-state index in [1.807, 2.05) is 0 Å². The van der Waals surface area contributed by atoms with Gasteiger partial charge in [0.1, 0.15) is 0 Å². The van der Waals surface area contributed by atoms with Crippen molar-refractivity contribution in [3.63, 3.8) is 0 Å². The van der Waals surface area contributed by atoms with E-state index >= 15 is 0 Å². The number of nitrogens with one attached hydrogen (secondary N) is 1. The first-order valence-corrected chi connectivity index (χ1v) is 6.90. The van der Waals surface area contributed by atoms with Crippen LogP contribution in [0.15, 0.2) is 6.07 Å². The van der Waals surface area contributed by atoms with Crippen LogP contribution < -0.4 is 11.3 Å². The summed E-state index contributed by atoms with van der Waals surface area (Å²) in [5.74, 6) is 6.20. The van der Waals surface area contributed by atoms with Crippen molar-refractivity contribution in [3.8, 4) is 0 Å². The van der Waals surface area contributed by atoms with E-state index in [0.29, 0.717) is 5.92 Å². The highest BCUT2D eigenvalue weighted by atomic mass is 16.5. The lowest BCUT2D eigenvalue weighted by atomic mass is 9.91. The Morgan fingerprint density at radius 1 is 1.61 bits per heavy atom. The third-order valence-electron chi connectivity index (χ3n) is 3.69. The van der Waals surface area contributed by atoms with Crippen molar-refractivity contribution in [3.05, 3.63) is 17.5 Å². The third-order valence-corrected chi connectivity index (χ3v) is 3.69. The average molecular weight is 252 g/mol. The molecule has 1 aliphatic heterocycles. The molecule has 102 valence electrons. The van der Waals surface area contributed by atoms with E-state index in [1.165, 1.54) is 5.69 Å². The summed E-state index contributed by atoms with van der Waals surface area (Å²) in [4.78, 5) is 0. The van der Waals surface area contributed by atoms with Gasteiger partial charge in [0, 0.05) is 19.1 Å². The second-order valence-corrected chi connectivity index (χ2v) is 4.85. The van der Waals surface area contributed by atoms with Gasteiger partial charge >= 0.3 is 0 Å². The predicted octanol–water partition coefficient (Wildman–Crippen LogP) is 1.40. The van der Waals surface area contributed by atoms with Crippen LogP contribution in [0.1, 0.15) is 44.1 Å². The van der Waals surface area contributed by atoms with E-state index < -0.39 is 0 Å². The zero-order valence-electron chi connectivity index (χ0n) is 11.4. The van der Waals surface area contributed by atoms with Crippen LogP contribution in [0.25, 0.3) is 0 Å². The predicted molar refractivity (Wildman–Crippen MR) is 70.9 cm³/mol. The summed E-state index contributed by atoms with van der Waals surface area (Å²) >= 11 is 0. The Balaban J connectivity index is 2.22. The van der Waals surface area contributed by atoms with Crippen LogP contribution in [0.3, 0.4) is 0 Å². The van der Waals surface area contributed by atoms with Crippen LogP contribution in [0.5, 0.6) is 0 Å². The van der Waals surface area contributed by atoms with Crippen molar-refractivity contribution < 1.29 is 4.74 Å². The molecule has 1 saturated heterocycles. The van der Waals surface area contributed by atoms with Gasteiger partial charge in [0.05, 0.1) is 24.0 Å². The van der Waals surface area contributed by atoms with Gasteiger partial charge in [-0.1, -0.05) is 6.92 Å². The normalized spacial score (nSPS) is 22.1. The molecule has 1 fully saturated rings. The number of nitrogens with two attached hydrogens (primary N) is 1. The van der Waals surface area contributed by atoms with E-state index in [2.05, 4.69) is 35.1 Å². The van der Waals surface area contributed by atoms with Crippen LogP contribution in [-0.4, -0.2) is 23.0 Å². The topological polar surface area (TPSA) is 65.1 Å². The molecular formula is C13H24N4O. The molecule has 0 radical (unpaired) electrons. The Labute approximate surface area is 109 Å². The summed E-state index contributed by atoms with van der Waals surface area (Å²) in [6.45, 7) is 6.77. The Morgan fingerprint density at radius 2 is 2.44 bits per heavy atom. The number of rotatable bonds is 5. The monoisotopic (exact) mass is 252 g/mol. The first-order valence-electron chi connectivity index (χ1n) is 6.90. The molecule has 1 aromatic rings.